The lowest BCUT2D eigenvalue weighted by atomic mass is 9.79. The summed E-state index contributed by atoms with van der Waals surface area (Å²) in [6, 6.07) is 5.60. The Morgan fingerprint density at radius 1 is 1.15 bits per heavy atom. The Kier molecular flexibility index (Phi) is 6.54. The number of benzene rings is 1. The zero-order chi connectivity index (χ0) is 24.6. The fourth-order valence-electron chi connectivity index (χ4n) is 4.95. The van der Waals surface area contributed by atoms with Gasteiger partial charge in [-0.25, -0.2) is 4.39 Å². The van der Waals surface area contributed by atoms with E-state index in [1.54, 1.807) is 13.8 Å². The van der Waals surface area contributed by atoms with Crippen molar-refractivity contribution < 1.29 is 28.7 Å². The summed E-state index contributed by atoms with van der Waals surface area (Å²) in [6.45, 7) is 3.82. The number of nitrogens with one attached hydrogen (secondary N) is 2. The molecule has 4 rings (SSSR count). The molecule has 4 atom stereocenters. The van der Waals surface area contributed by atoms with Crippen LogP contribution in [0.4, 0.5) is 4.39 Å². The maximum atomic E-state index is 13.3. The Balaban J connectivity index is 1.54. The summed E-state index contributed by atoms with van der Waals surface area (Å²) < 4.78 is 15.0. The number of aryl methyl sites for hydroxylation is 1. The molecule has 180 valence electrons. The number of hydrogen-bond acceptors (Lipinski definition) is 4. The third-order valence-corrected chi connectivity index (χ3v) is 6.75. The van der Waals surface area contributed by atoms with Gasteiger partial charge in [0.25, 0.3) is 5.91 Å². The number of ketones is 1. The molecule has 2 amide bonds. The van der Waals surface area contributed by atoms with Crippen LogP contribution in [0.25, 0.3) is 0 Å². The van der Waals surface area contributed by atoms with Crippen molar-refractivity contribution in [3.05, 3.63) is 59.2 Å². The average molecular weight is 470 g/mol. The molecule has 1 aromatic carbocycles. The molecule has 2 aromatic rings. The predicted octanol–water partition coefficient (Wildman–Crippen LogP) is 2.27. The van der Waals surface area contributed by atoms with Gasteiger partial charge in [-0.3, -0.25) is 19.2 Å². The fraction of sp³-hybridized carbons (Fsp3) is 0.440. The number of hydrogen-bond donors (Lipinski definition) is 3. The Labute approximate surface area is 196 Å². The monoisotopic (exact) mass is 469 g/mol. The van der Waals surface area contributed by atoms with Crippen LogP contribution in [-0.4, -0.2) is 45.3 Å². The lowest BCUT2D eigenvalue weighted by Gasteiger charge is -2.33. The molecule has 1 aliphatic carbocycles. The number of carbonyl (C=O) groups is 4. The molecular weight excluding hydrogens is 441 g/mol. The lowest BCUT2D eigenvalue weighted by Crippen LogP contribution is -2.54. The van der Waals surface area contributed by atoms with Crippen LogP contribution in [-0.2, 0) is 27.3 Å². The molecule has 0 saturated heterocycles. The van der Waals surface area contributed by atoms with Crippen LogP contribution < -0.4 is 10.6 Å². The fourth-order valence-corrected chi connectivity index (χ4v) is 4.95. The van der Waals surface area contributed by atoms with E-state index in [9.17, 15) is 28.7 Å². The first kappa shape index (κ1) is 23.7. The van der Waals surface area contributed by atoms with E-state index >= 15 is 0 Å². The van der Waals surface area contributed by atoms with E-state index in [0.29, 0.717) is 12.8 Å². The number of carboxylic acids is 1. The SMILES string of the molecule is CC(C)C(NC(=O)c1ccc(F)cc1)C(=O)N[C@H]1CCc2ccn3c2C1C(=O)C[C@H](C(=O)O)C3. The third-order valence-electron chi connectivity index (χ3n) is 6.75. The molecular formula is C25H28FN3O5. The zero-order valence-electron chi connectivity index (χ0n) is 19.1. The molecule has 34 heavy (non-hydrogen) atoms. The van der Waals surface area contributed by atoms with E-state index in [0.717, 1.165) is 11.3 Å². The van der Waals surface area contributed by atoms with Crippen molar-refractivity contribution in [2.45, 2.75) is 57.7 Å². The van der Waals surface area contributed by atoms with Gasteiger partial charge in [-0.2, -0.15) is 0 Å². The number of aromatic nitrogens is 1. The molecule has 2 heterocycles. The molecule has 2 aliphatic rings. The molecule has 1 aromatic heterocycles. The van der Waals surface area contributed by atoms with E-state index in [2.05, 4.69) is 10.6 Å². The maximum absolute atomic E-state index is 13.3. The summed E-state index contributed by atoms with van der Waals surface area (Å²) in [4.78, 5) is 50.7. The van der Waals surface area contributed by atoms with Gasteiger partial charge in [0.1, 0.15) is 17.6 Å². The van der Waals surface area contributed by atoms with Crippen LogP contribution in [0, 0.1) is 17.7 Å². The maximum Gasteiger partial charge on any atom is 0.308 e. The zero-order valence-corrected chi connectivity index (χ0v) is 19.1. The Bertz CT molecular complexity index is 1120. The summed E-state index contributed by atoms with van der Waals surface area (Å²) in [5.74, 6) is -4.28. The topological polar surface area (TPSA) is 118 Å². The molecule has 0 radical (unpaired) electrons. The number of Topliss-reactive ketones (excluding diaryl/α,β-unsaturated/α-hetero) is 1. The minimum Gasteiger partial charge on any atom is -0.481 e. The van der Waals surface area contributed by atoms with Gasteiger partial charge in [-0.05, 0) is 54.7 Å². The van der Waals surface area contributed by atoms with Crippen molar-refractivity contribution in [1.82, 2.24) is 15.2 Å². The van der Waals surface area contributed by atoms with Gasteiger partial charge < -0.3 is 20.3 Å². The molecule has 0 bridgehead atoms. The second-order valence-corrected chi connectivity index (χ2v) is 9.42. The van der Waals surface area contributed by atoms with Crippen LogP contribution in [0.15, 0.2) is 36.5 Å². The van der Waals surface area contributed by atoms with Gasteiger partial charge >= 0.3 is 5.97 Å². The number of halogens is 1. The highest BCUT2D eigenvalue weighted by atomic mass is 19.1. The van der Waals surface area contributed by atoms with Crippen LogP contribution in [0.5, 0.6) is 0 Å². The summed E-state index contributed by atoms with van der Waals surface area (Å²) >= 11 is 0. The van der Waals surface area contributed by atoms with E-state index in [4.69, 9.17) is 0 Å². The minimum absolute atomic E-state index is 0.0948. The standard InChI is InChI=1S/C25H28FN3O5/c1-13(2)21(28-23(31)15-3-6-17(26)7-4-15)24(32)27-18-8-5-14-9-10-29-12-16(25(33)34)11-19(30)20(18)22(14)29/h3-4,6-7,9-10,13,16,18,20-21H,5,8,11-12H2,1-2H3,(H,27,32)(H,28,31)(H,33,34)/t16-,18-,20?,21?/m0/s1. The van der Waals surface area contributed by atoms with Crippen molar-refractivity contribution >= 4 is 23.6 Å². The highest BCUT2D eigenvalue weighted by Crippen LogP contribution is 2.38. The number of carbonyl (C=O) groups excluding carboxylic acids is 3. The molecule has 2 unspecified atom stereocenters. The third kappa shape index (κ3) is 4.60. The quantitative estimate of drug-likeness (QED) is 0.600. The second kappa shape index (κ2) is 9.40. The number of carboxylic acid groups (broad SMARTS) is 1. The average Bonchev–Trinajstić information content (AvgIpc) is 3.11. The largest absolute Gasteiger partial charge is 0.481 e. The van der Waals surface area contributed by atoms with E-state index in [1.165, 1.54) is 24.3 Å². The Hall–Kier alpha value is -3.49. The number of rotatable bonds is 6. The van der Waals surface area contributed by atoms with Crippen LogP contribution in [0.3, 0.4) is 0 Å². The van der Waals surface area contributed by atoms with Gasteiger partial charge in [0, 0.05) is 36.5 Å². The highest BCUT2D eigenvalue weighted by molar-refractivity contribution is 5.98. The van der Waals surface area contributed by atoms with Gasteiger partial charge in [-0.15, -0.1) is 0 Å². The van der Waals surface area contributed by atoms with Crippen molar-refractivity contribution in [3.8, 4) is 0 Å². The molecule has 0 fully saturated rings. The first-order chi connectivity index (χ1) is 16.2. The van der Waals surface area contributed by atoms with Gasteiger partial charge in [0.05, 0.1) is 11.8 Å². The number of nitrogens with zero attached hydrogens (tertiary/aromatic N) is 1. The van der Waals surface area contributed by atoms with Crippen molar-refractivity contribution in [3.63, 3.8) is 0 Å². The molecule has 8 nitrogen and oxygen atoms in total. The van der Waals surface area contributed by atoms with Crippen LogP contribution in [0.2, 0.25) is 0 Å². The van der Waals surface area contributed by atoms with Crippen molar-refractivity contribution in [2.24, 2.45) is 11.8 Å². The van der Waals surface area contributed by atoms with Gasteiger partial charge in [0.15, 0.2) is 0 Å². The minimum atomic E-state index is -1.02. The molecule has 3 N–H and O–H groups in total. The molecule has 0 spiro atoms. The summed E-state index contributed by atoms with van der Waals surface area (Å²) in [6.07, 6.45) is 2.91. The lowest BCUT2D eigenvalue weighted by molar-refractivity contribution is -0.144. The first-order valence-electron chi connectivity index (χ1n) is 11.5. The normalized spacial score (nSPS) is 22.5. The Morgan fingerprint density at radius 2 is 1.85 bits per heavy atom. The molecule has 0 saturated carbocycles. The van der Waals surface area contributed by atoms with E-state index < -0.39 is 47.5 Å². The first-order valence-corrected chi connectivity index (χ1v) is 11.5. The predicted molar refractivity (Wildman–Crippen MR) is 121 cm³/mol. The smallest absolute Gasteiger partial charge is 0.308 e. The highest BCUT2D eigenvalue weighted by Gasteiger charge is 2.42. The molecule has 1 aliphatic heterocycles. The van der Waals surface area contributed by atoms with Gasteiger partial charge in [-0.1, -0.05) is 13.8 Å². The van der Waals surface area contributed by atoms with Crippen LogP contribution >= 0.6 is 0 Å². The van der Waals surface area contributed by atoms with Crippen molar-refractivity contribution in [2.75, 3.05) is 0 Å². The molecule has 9 heteroatoms. The number of amides is 2. The van der Waals surface area contributed by atoms with E-state index in [1.807, 2.05) is 16.8 Å². The van der Waals surface area contributed by atoms with Crippen LogP contribution in [0.1, 0.15) is 54.2 Å². The number of aliphatic carboxylic acids is 1. The summed E-state index contributed by atoms with van der Waals surface area (Å²) in [5, 5.41) is 15.2. The van der Waals surface area contributed by atoms with E-state index in [-0.39, 0.29) is 30.2 Å². The summed E-state index contributed by atoms with van der Waals surface area (Å²) in [7, 11) is 0. The van der Waals surface area contributed by atoms with Gasteiger partial charge in [0.2, 0.25) is 5.91 Å². The van der Waals surface area contributed by atoms with Crippen molar-refractivity contribution in [1.29, 1.82) is 0 Å². The summed E-state index contributed by atoms with van der Waals surface area (Å²) in [5.41, 5.74) is 2.01. The second-order valence-electron chi connectivity index (χ2n) is 9.42. The Morgan fingerprint density at radius 3 is 2.50 bits per heavy atom.